The monoisotopic (exact) mass is 402 g/mol. The van der Waals surface area contributed by atoms with E-state index < -0.39 is 9.84 Å². The number of carbonyl (C=O) groups excluding carboxylic acids is 1. The van der Waals surface area contributed by atoms with Crippen LogP contribution in [0.3, 0.4) is 0 Å². The Morgan fingerprint density at radius 3 is 2.48 bits per heavy atom. The van der Waals surface area contributed by atoms with Crippen molar-refractivity contribution in [3.8, 4) is 0 Å². The summed E-state index contributed by atoms with van der Waals surface area (Å²) >= 11 is 1.60. The van der Waals surface area contributed by atoms with Gasteiger partial charge >= 0.3 is 6.03 Å². The second-order valence-electron chi connectivity index (χ2n) is 7.18. The Balaban J connectivity index is 1.70. The summed E-state index contributed by atoms with van der Waals surface area (Å²) < 4.78 is 24.6. The largest absolute Gasteiger partial charge is 0.325 e. The third kappa shape index (κ3) is 3.46. The van der Waals surface area contributed by atoms with Gasteiger partial charge in [0.05, 0.1) is 23.6 Å². The zero-order chi connectivity index (χ0) is 19.2. The molecule has 27 heavy (non-hydrogen) atoms. The summed E-state index contributed by atoms with van der Waals surface area (Å²) in [6, 6.07) is 15.0. The Labute approximate surface area is 164 Å². The van der Waals surface area contributed by atoms with E-state index in [4.69, 9.17) is 0 Å². The number of aryl methyl sites for hydroxylation is 1. The van der Waals surface area contributed by atoms with Gasteiger partial charge in [0.1, 0.15) is 0 Å². The van der Waals surface area contributed by atoms with Gasteiger partial charge in [0.25, 0.3) is 0 Å². The first-order valence-electron chi connectivity index (χ1n) is 8.88. The maximum absolute atomic E-state index is 13.3. The van der Waals surface area contributed by atoms with Gasteiger partial charge in [-0.3, -0.25) is 4.90 Å². The first kappa shape index (κ1) is 18.4. The van der Waals surface area contributed by atoms with Crippen LogP contribution >= 0.6 is 11.8 Å². The molecule has 2 atom stereocenters. The summed E-state index contributed by atoms with van der Waals surface area (Å²) in [7, 11) is -3.16. The van der Waals surface area contributed by atoms with E-state index in [0.29, 0.717) is 6.54 Å². The summed E-state index contributed by atoms with van der Waals surface area (Å²) in [5.74, 6) is 0.0608. The van der Waals surface area contributed by atoms with Crippen molar-refractivity contribution in [1.29, 1.82) is 0 Å². The third-order valence-electron chi connectivity index (χ3n) is 5.28. The van der Waals surface area contributed by atoms with Crippen molar-refractivity contribution in [2.45, 2.75) is 30.4 Å². The SMILES string of the molecule is CSc1cccc(N2C(=O)N(Cc3ccc(C)cc3)[C@@H]3CS(=O)(=O)C[C@H]32)c1. The van der Waals surface area contributed by atoms with Crippen LogP contribution in [0, 0.1) is 6.92 Å². The number of sulfone groups is 1. The molecular weight excluding hydrogens is 380 g/mol. The van der Waals surface area contributed by atoms with Gasteiger partial charge in [-0.15, -0.1) is 11.8 Å². The maximum atomic E-state index is 13.3. The molecule has 2 aromatic carbocycles. The van der Waals surface area contributed by atoms with Gasteiger partial charge in [-0.1, -0.05) is 35.9 Å². The van der Waals surface area contributed by atoms with E-state index in [2.05, 4.69) is 0 Å². The molecule has 2 aromatic rings. The van der Waals surface area contributed by atoms with Crippen LogP contribution in [0.5, 0.6) is 0 Å². The lowest BCUT2D eigenvalue weighted by Crippen LogP contribution is -2.37. The number of thioether (sulfide) groups is 1. The van der Waals surface area contributed by atoms with Crippen molar-refractivity contribution in [1.82, 2.24) is 4.90 Å². The summed E-state index contributed by atoms with van der Waals surface area (Å²) in [4.78, 5) is 17.7. The van der Waals surface area contributed by atoms with Crippen LogP contribution in [0.25, 0.3) is 0 Å². The summed E-state index contributed by atoms with van der Waals surface area (Å²) in [6.45, 7) is 2.44. The van der Waals surface area contributed by atoms with E-state index in [0.717, 1.165) is 21.7 Å². The second kappa shape index (κ2) is 6.87. The van der Waals surface area contributed by atoms with Crippen LogP contribution in [0.2, 0.25) is 0 Å². The zero-order valence-corrected chi connectivity index (χ0v) is 17.0. The lowest BCUT2D eigenvalue weighted by Gasteiger charge is -2.23. The van der Waals surface area contributed by atoms with E-state index in [1.807, 2.05) is 61.7 Å². The average molecular weight is 403 g/mol. The van der Waals surface area contributed by atoms with Gasteiger partial charge in [0.15, 0.2) is 9.84 Å². The summed E-state index contributed by atoms with van der Waals surface area (Å²) in [5, 5.41) is 0. The summed E-state index contributed by atoms with van der Waals surface area (Å²) in [5.41, 5.74) is 2.94. The van der Waals surface area contributed by atoms with Crippen LogP contribution in [-0.2, 0) is 16.4 Å². The molecule has 4 rings (SSSR count). The standard InChI is InChI=1S/C20H22N2O3S2/c1-14-6-8-15(9-7-14)11-21-18-12-27(24,25)13-19(18)22(20(21)23)16-4-3-5-17(10-16)26-2/h3-10,18-19H,11-13H2,1-2H3/t18-,19-/m1/s1. The normalized spacial score (nSPS) is 23.7. The Bertz CT molecular complexity index is 973. The van der Waals surface area contributed by atoms with E-state index >= 15 is 0 Å². The van der Waals surface area contributed by atoms with Crippen molar-refractivity contribution in [3.63, 3.8) is 0 Å². The Kier molecular flexibility index (Phi) is 4.68. The fourth-order valence-electron chi connectivity index (χ4n) is 3.91. The summed E-state index contributed by atoms with van der Waals surface area (Å²) in [6.07, 6.45) is 1.98. The van der Waals surface area contributed by atoms with E-state index in [1.165, 1.54) is 0 Å². The number of benzene rings is 2. The minimum atomic E-state index is -3.16. The average Bonchev–Trinajstić information content (AvgIpc) is 3.07. The molecule has 0 saturated carbocycles. The molecule has 0 radical (unpaired) electrons. The predicted octanol–water partition coefficient (Wildman–Crippen LogP) is 3.32. The highest BCUT2D eigenvalue weighted by atomic mass is 32.2. The first-order valence-corrected chi connectivity index (χ1v) is 11.9. The fourth-order valence-corrected chi connectivity index (χ4v) is 6.32. The number of carbonyl (C=O) groups is 1. The van der Waals surface area contributed by atoms with Crippen molar-refractivity contribution in [2.24, 2.45) is 0 Å². The highest BCUT2D eigenvalue weighted by Crippen LogP contribution is 2.36. The molecule has 2 heterocycles. The molecule has 0 unspecified atom stereocenters. The van der Waals surface area contributed by atoms with Crippen LogP contribution < -0.4 is 4.90 Å². The third-order valence-corrected chi connectivity index (χ3v) is 7.71. The molecule has 2 aliphatic rings. The number of amides is 2. The molecule has 0 spiro atoms. The quantitative estimate of drug-likeness (QED) is 0.581. The smallest absolute Gasteiger partial charge is 0.314 e. The number of urea groups is 1. The molecule has 2 amide bonds. The molecule has 2 fully saturated rings. The molecule has 0 bridgehead atoms. The van der Waals surface area contributed by atoms with Crippen LogP contribution in [0.4, 0.5) is 10.5 Å². The van der Waals surface area contributed by atoms with Gasteiger partial charge < -0.3 is 4.90 Å². The van der Waals surface area contributed by atoms with Gasteiger partial charge in [-0.2, -0.15) is 0 Å². The lowest BCUT2D eigenvalue weighted by molar-refractivity contribution is 0.206. The number of nitrogens with zero attached hydrogens (tertiary/aromatic N) is 2. The zero-order valence-electron chi connectivity index (χ0n) is 15.3. The van der Waals surface area contributed by atoms with Gasteiger partial charge in [0.2, 0.25) is 0 Å². The number of hydrogen-bond donors (Lipinski definition) is 0. The second-order valence-corrected chi connectivity index (χ2v) is 10.2. The van der Waals surface area contributed by atoms with E-state index in [-0.39, 0.29) is 29.6 Å². The number of anilines is 1. The molecule has 5 nitrogen and oxygen atoms in total. The van der Waals surface area contributed by atoms with Crippen molar-refractivity contribution >= 4 is 33.3 Å². The predicted molar refractivity (Wildman–Crippen MR) is 109 cm³/mol. The van der Waals surface area contributed by atoms with E-state index in [9.17, 15) is 13.2 Å². The minimum absolute atomic E-state index is 0.0251. The molecule has 0 N–H and O–H groups in total. The molecule has 2 aliphatic heterocycles. The molecule has 142 valence electrons. The molecule has 0 aliphatic carbocycles. The van der Waals surface area contributed by atoms with Gasteiger partial charge in [-0.05, 0) is 36.9 Å². The minimum Gasteiger partial charge on any atom is -0.314 e. The fraction of sp³-hybridized carbons (Fsp3) is 0.350. The van der Waals surface area contributed by atoms with E-state index in [1.54, 1.807) is 21.6 Å². The van der Waals surface area contributed by atoms with Gasteiger partial charge in [-0.25, -0.2) is 13.2 Å². The molecular formula is C20H22N2O3S2. The maximum Gasteiger partial charge on any atom is 0.325 e. The van der Waals surface area contributed by atoms with Crippen LogP contribution in [0.15, 0.2) is 53.4 Å². The van der Waals surface area contributed by atoms with Crippen LogP contribution in [-0.4, -0.2) is 49.2 Å². The molecule has 7 heteroatoms. The molecule has 0 aromatic heterocycles. The highest BCUT2D eigenvalue weighted by Gasteiger charge is 2.53. The van der Waals surface area contributed by atoms with Crippen molar-refractivity contribution in [3.05, 3.63) is 59.7 Å². The number of hydrogen-bond acceptors (Lipinski definition) is 4. The number of fused-ring (bicyclic) bond motifs is 1. The van der Waals surface area contributed by atoms with Gasteiger partial charge in [0, 0.05) is 17.1 Å². The van der Waals surface area contributed by atoms with Crippen LogP contribution in [0.1, 0.15) is 11.1 Å². The van der Waals surface area contributed by atoms with Crippen molar-refractivity contribution in [2.75, 3.05) is 22.7 Å². The lowest BCUT2D eigenvalue weighted by atomic mass is 10.1. The van der Waals surface area contributed by atoms with Crippen molar-refractivity contribution < 1.29 is 13.2 Å². The Morgan fingerprint density at radius 1 is 1.07 bits per heavy atom. The number of rotatable bonds is 4. The highest BCUT2D eigenvalue weighted by molar-refractivity contribution is 7.98. The Hall–Kier alpha value is -1.99. The first-order chi connectivity index (χ1) is 12.9. The Morgan fingerprint density at radius 2 is 1.78 bits per heavy atom. The topological polar surface area (TPSA) is 57.7 Å². The molecule has 2 saturated heterocycles.